The van der Waals surface area contributed by atoms with Gasteiger partial charge in [0.1, 0.15) is 9.66 Å². The number of hydrogen-bond acceptors (Lipinski definition) is 2. The molecule has 318 valence electrons. The molecule has 0 N–H and O–H groups in total. The Morgan fingerprint density at radius 2 is 0.559 bits per heavy atom. The lowest BCUT2D eigenvalue weighted by atomic mass is 9.99. The molecule has 14 rings (SSSR count). The highest BCUT2D eigenvalue weighted by atomic mass is 32.1. The Bertz CT molecular complexity index is 3950. The molecule has 0 radical (unpaired) electrons. The van der Waals surface area contributed by atoms with E-state index in [0.29, 0.717) is 0 Å². The summed E-state index contributed by atoms with van der Waals surface area (Å²) in [6.45, 7) is 0. The minimum atomic E-state index is 1.16. The van der Waals surface area contributed by atoms with Gasteiger partial charge in [-0.3, -0.25) is 0 Å². The first-order valence-electron chi connectivity index (χ1n) is 23.1. The monoisotopic (exact) mass is 900 g/mol. The molecular weight excluding hydrogens is 861 g/mol. The Morgan fingerprint density at radius 1 is 0.235 bits per heavy atom. The summed E-state index contributed by atoms with van der Waals surface area (Å²) in [7, 11) is 0. The summed E-state index contributed by atoms with van der Waals surface area (Å²) < 4.78 is 7.57. The maximum atomic E-state index is 2.48. The van der Waals surface area contributed by atoms with Gasteiger partial charge in [-0.25, -0.2) is 0 Å². The average molecular weight is 901 g/mol. The molecule has 0 saturated heterocycles. The van der Waals surface area contributed by atoms with Crippen LogP contribution in [0.15, 0.2) is 243 Å². The zero-order valence-electron chi connectivity index (χ0n) is 36.8. The summed E-state index contributed by atoms with van der Waals surface area (Å²) >= 11 is 3.76. The van der Waals surface area contributed by atoms with Crippen molar-refractivity contribution in [1.82, 2.24) is 9.13 Å². The van der Waals surface area contributed by atoms with Gasteiger partial charge in [-0.1, -0.05) is 182 Å². The fraction of sp³-hybridized carbons (Fsp3) is 0. The minimum Gasteiger partial charge on any atom is -0.301 e. The van der Waals surface area contributed by atoms with Crippen LogP contribution in [0.4, 0.5) is 0 Å². The Hall–Kier alpha value is -8.28. The number of nitrogens with zero attached hydrogens (tertiary/aromatic N) is 2. The Morgan fingerprint density at radius 3 is 0.985 bits per heavy atom. The molecule has 0 aliphatic rings. The quantitative estimate of drug-likeness (QED) is 0.151. The molecule has 0 aliphatic carbocycles. The second-order valence-electron chi connectivity index (χ2n) is 17.7. The third-order valence-electron chi connectivity index (χ3n) is 13.8. The van der Waals surface area contributed by atoms with E-state index in [-0.39, 0.29) is 0 Å². The highest BCUT2D eigenvalue weighted by Gasteiger charge is 2.21. The molecule has 0 spiro atoms. The molecule has 0 atom stereocenters. The van der Waals surface area contributed by atoms with E-state index < -0.39 is 0 Å². The van der Waals surface area contributed by atoms with E-state index in [1.54, 1.807) is 0 Å². The number of benzene rings is 10. The molecule has 10 aromatic carbocycles. The molecule has 2 nitrogen and oxygen atoms in total. The summed E-state index contributed by atoms with van der Waals surface area (Å²) in [5, 5.41) is 7.76. The van der Waals surface area contributed by atoms with Gasteiger partial charge in [-0.2, -0.15) is 0 Å². The molecule has 0 fully saturated rings. The lowest BCUT2D eigenvalue weighted by Crippen LogP contribution is -1.94. The van der Waals surface area contributed by atoms with E-state index in [0.717, 1.165) is 11.4 Å². The van der Waals surface area contributed by atoms with Crippen LogP contribution in [0.3, 0.4) is 0 Å². The number of fused-ring (bicyclic) bond motifs is 10. The molecule has 0 aliphatic heterocycles. The molecule has 0 amide bonds. The number of aromatic nitrogens is 2. The largest absolute Gasteiger partial charge is 0.301 e. The predicted molar refractivity (Wildman–Crippen MR) is 293 cm³/mol. The summed E-state index contributed by atoms with van der Waals surface area (Å²) in [6.07, 6.45) is 0. The topological polar surface area (TPSA) is 9.86 Å². The van der Waals surface area contributed by atoms with Crippen LogP contribution in [0.25, 0.3) is 129 Å². The van der Waals surface area contributed by atoms with Crippen LogP contribution in [0.5, 0.6) is 0 Å². The Balaban J connectivity index is 0.895. The summed E-state index contributed by atoms with van der Waals surface area (Å²) in [4.78, 5) is 2.53. The maximum absolute atomic E-state index is 2.48. The van der Waals surface area contributed by atoms with E-state index >= 15 is 0 Å². The van der Waals surface area contributed by atoms with Gasteiger partial charge in [0.15, 0.2) is 0 Å². The van der Waals surface area contributed by atoms with Crippen molar-refractivity contribution in [1.29, 1.82) is 0 Å². The molecule has 14 aromatic rings. The number of hydrogen-bond donors (Lipinski definition) is 0. The van der Waals surface area contributed by atoms with Crippen molar-refractivity contribution in [2.45, 2.75) is 0 Å². The lowest BCUT2D eigenvalue weighted by molar-refractivity contribution is 1.19. The third kappa shape index (κ3) is 6.30. The fourth-order valence-corrected chi connectivity index (χ4v) is 13.0. The van der Waals surface area contributed by atoms with Crippen molar-refractivity contribution < 1.29 is 0 Å². The SMILES string of the molecule is c1ccc(-c2ccc(-c3cccc(-n4c5ccc(-c6ccc7c(c6)c6c8ccccc8sc6n7-c6cccc(-c7ccc(-c8ccccc8)cc7)c6)cc5c5c6ccccc6sc54)c3)cc2)cc1. The Kier molecular flexibility index (Phi) is 8.98. The maximum Gasteiger partial charge on any atom is 0.109 e. The Labute approximate surface area is 401 Å². The first-order valence-corrected chi connectivity index (χ1v) is 24.8. The van der Waals surface area contributed by atoms with Crippen LogP contribution < -0.4 is 0 Å². The van der Waals surface area contributed by atoms with Gasteiger partial charge >= 0.3 is 0 Å². The van der Waals surface area contributed by atoms with Gasteiger partial charge in [0.05, 0.1) is 11.0 Å². The van der Waals surface area contributed by atoms with Crippen LogP contribution in [-0.4, -0.2) is 9.13 Å². The van der Waals surface area contributed by atoms with Gasteiger partial charge < -0.3 is 9.13 Å². The first kappa shape index (κ1) is 38.9. The summed E-state index contributed by atoms with van der Waals surface area (Å²) in [5.74, 6) is 0. The van der Waals surface area contributed by atoms with Crippen molar-refractivity contribution in [2.75, 3.05) is 0 Å². The molecular formula is C64H40N2S2. The highest BCUT2D eigenvalue weighted by Crippen LogP contribution is 2.46. The molecule has 0 bridgehead atoms. The normalized spacial score (nSPS) is 11.8. The van der Waals surface area contributed by atoms with E-state index in [1.807, 2.05) is 22.7 Å². The number of rotatable bonds is 7. The van der Waals surface area contributed by atoms with Gasteiger partial charge in [-0.15, -0.1) is 22.7 Å². The predicted octanol–water partition coefficient (Wildman–Crippen LogP) is 18.6. The van der Waals surface area contributed by atoms with E-state index in [1.165, 1.54) is 118 Å². The summed E-state index contributed by atoms with van der Waals surface area (Å²) in [6, 6.07) is 89.2. The molecule has 68 heavy (non-hydrogen) atoms. The molecule has 0 unspecified atom stereocenters. The van der Waals surface area contributed by atoms with Crippen LogP contribution in [0.1, 0.15) is 0 Å². The number of thiophene rings is 2. The average Bonchev–Trinajstić information content (AvgIpc) is 4.15. The summed E-state index contributed by atoms with van der Waals surface area (Å²) in [5.41, 5.74) is 16.9. The van der Waals surface area contributed by atoms with Crippen LogP contribution in [-0.2, 0) is 0 Å². The lowest BCUT2D eigenvalue weighted by Gasteiger charge is -2.11. The van der Waals surface area contributed by atoms with Crippen molar-refractivity contribution in [3.63, 3.8) is 0 Å². The zero-order chi connectivity index (χ0) is 44.7. The smallest absolute Gasteiger partial charge is 0.109 e. The minimum absolute atomic E-state index is 1.16. The van der Waals surface area contributed by atoms with Gasteiger partial charge in [-0.05, 0) is 116 Å². The van der Waals surface area contributed by atoms with E-state index in [4.69, 9.17) is 0 Å². The van der Waals surface area contributed by atoms with Crippen molar-refractivity contribution in [2.24, 2.45) is 0 Å². The van der Waals surface area contributed by atoms with Gasteiger partial charge in [0.25, 0.3) is 0 Å². The molecule has 0 saturated carbocycles. The first-order chi connectivity index (χ1) is 33.7. The second-order valence-corrected chi connectivity index (χ2v) is 19.7. The van der Waals surface area contributed by atoms with Gasteiger partial charge in [0, 0.05) is 53.1 Å². The van der Waals surface area contributed by atoms with Crippen LogP contribution in [0.2, 0.25) is 0 Å². The van der Waals surface area contributed by atoms with Crippen LogP contribution >= 0.6 is 22.7 Å². The van der Waals surface area contributed by atoms with Crippen molar-refractivity contribution in [3.05, 3.63) is 243 Å². The molecule has 4 aromatic heterocycles. The highest BCUT2D eigenvalue weighted by molar-refractivity contribution is 7.26. The van der Waals surface area contributed by atoms with Crippen molar-refractivity contribution >= 4 is 85.1 Å². The van der Waals surface area contributed by atoms with Gasteiger partial charge in [0.2, 0.25) is 0 Å². The standard InChI is InChI=1S/C64H40N2S2/c1-3-13-41(14-4-1)43-25-29-45(30-26-43)47-17-11-19-51(37-47)65-57-35-33-49(39-55(57)61-53-21-7-9-23-59(53)67-63(61)65)50-34-36-58-56(40-50)62-54-22-8-10-24-60(54)68-64(62)66(58)52-20-12-18-48(38-52)46-31-27-44(28-32-46)42-15-5-2-6-16-42/h1-40H. The zero-order valence-corrected chi connectivity index (χ0v) is 38.4. The fourth-order valence-electron chi connectivity index (χ4n) is 10.5. The second kappa shape index (κ2) is 15.7. The molecule has 4 heterocycles. The van der Waals surface area contributed by atoms with E-state index in [2.05, 4.69) is 252 Å². The van der Waals surface area contributed by atoms with Crippen LogP contribution in [0, 0.1) is 0 Å². The van der Waals surface area contributed by atoms with Crippen molar-refractivity contribution in [3.8, 4) is 67.0 Å². The van der Waals surface area contributed by atoms with E-state index in [9.17, 15) is 0 Å². The molecule has 4 heteroatoms. The third-order valence-corrected chi connectivity index (χ3v) is 16.1.